The molecule has 4 nitrogen and oxygen atoms in total. The van der Waals surface area contributed by atoms with Crippen LogP contribution in [-0.4, -0.2) is 16.3 Å². The highest BCUT2D eigenvalue weighted by molar-refractivity contribution is 5.44. The number of nitrogens with zero attached hydrogens (tertiary/aromatic N) is 1. The summed E-state index contributed by atoms with van der Waals surface area (Å²) >= 11 is 0. The Hall–Kier alpha value is -1.19. The van der Waals surface area contributed by atoms with Gasteiger partial charge in [-0.05, 0) is 26.7 Å². The Morgan fingerprint density at radius 1 is 1.46 bits per heavy atom. The molecule has 0 fully saturated rings. The van der Waals surface area contributed by atoms with Gasteiger partial charge in [-0.3, -0.25) is 9.89 Å². The van der Waals surface area contributed by atoms with Crippen molar-refractivity contribution in [3.8, 4) is 0 Å². The molecule has 1 aliphatic heterocycles. The number of H-pyrrole nitrogens is 1. The summed E-state index contributed by atoms with van der Waals surface area (Å²) < 4.78 is 1.68. The van der Waals surface area contributed by atoms with Gasteiger partial charge in [0, 0.05) is 12.6 Å². The summed E-state index contributed by atoms with van der Waals surface area (Å²) in [5, 5.41) is 6.30. The first kappa shape index (κ1) is 8.41. The number of hydrogen-bond acceptors (Lipinski definition) is 2. The average molecular weight is 181 g/mol. The number of rotatable bonds is 1. The highest BCUT2D eigenvalue weighted by atomic mass is 16.1. The van der Waals surface area contributed by atoms with E-state index in [2.05, 4.69) is 10.4 Å². The molecule has 2 rings (SSSR count). The number of fused-ring (bicyclic) bond motifs is 1. The van der Waals surface area contributed by atoms with E-state index in [0.717, 1.165) is 30.8 Å². The van der Waals surface area contributed by atoms with Crippen molar-refractivity contribution in [1.82, 2.24) is 9.78 Å². The van der Waals surface area contributed by atoms with Gasteiger partial charge in [0.15, 0.2) is 0 Å². The van der Waals surface area contributed by atoms with Crippen LogP contribution in [0.5, 0.6) is 0 Å². The second-order valence-corrected chi connectivity index (χ2v) is 3.76. The van der Waals surface area contributed by atoms with E-state index in [-0.39, 0.29) is 11.6 Å². The maximum absolute atomic E-state index is 11.7. The molecule has 0 saturated heterocycles. The van der Waals surface area contributed by atoms with E-state index in [1.54, 1.807) is 4.68 Å². The maximum atomic E-state index is 11.7. The quantitative estimate of drug-likeness (QED) is 0.682. The molecule has 0 amide bonds. The summed E-state index contributed by atoms with van der Waals surface area (Å²) in [6.07, 6.45) is 1.95. The van der Waals surface area contributed by atoms with Crippen molar-refractivity contribution < 1.29 is 0 Å². The Kier molecular flexibility index (Phi) is 1.90. The van der Waals surface area contributed by atoms with Crippen LogP contribution in [0, 0.1) is 0 Å². The lowest BCUT2D eigenvalue weighted by atomic mass is 10.1. The number of hydrogen-bond donors (Lipinski definition) is 2. The van der Waals surface area contributed by atoms with Crippen molar-refractivity contribution in [3.63, 3.8) is 0 Å². The first-order valence-electron chi connectivity index (χ1n) is 4.77. The molecule has 0 radical (unpaired) electrons. The standard InChI is InChI=1S/C9H15N3O/c1-6(2)12-9(13)7-4-3-5-10-8(7)11-12/h6,10-11H,3-5H2,1-2H3. The molecule has 1 aliphatic rings. The summed E-state index contributed by atoms with van der Waals surface area (Å²) in [6.45, 7) is 4.97. The van der Waals surface area contributed by atoms with Gasteiger partial charge in [0.05, 0.1) is 5.56 Å². The zero-order chi connectivity index (χ0) is 9.42. The lowest BCUT2D eigenvalue weighted by Gasteiger charge is -2.10. The first-order valence-corrected chi connectivity index (χ1v) is 4.77. The Morgan fingerprint density at radius 2 is 2.23 bits per heavy atom. The maximum Gasteiger partial charge on any atom is 0.272 e. The van der Waals surface area contributed by atoms with Gasteiger partial charge >= 0.3 is 0 Å². The fourth-order valence-electron chi connectivity index (χ4n) is 1.71. The molecule has 1 aromatic heterocycles. The molecule has 0 unspecified atom stereocenters. The highest BCUT2D eigenvalue weighted by Gasteiger charge is 2.17. The molecule has 2 heterocycles. The Bertz CT molecular complexity index is 361. The molecular weight excluding hydrogens is 166 g/mol. The zero-order valence-electron chi connectivity index (χ0n) is 8.05. The predicted molar refractivity (Wildman–Crippen MR) is 52.2 cm³/mol. The third kappa shape index (κ3) is 1.26. The first-order chi connectivity index (χ1) is 6.20. The molecule has 2 N–H and O–H groups in total. The van der Waals surface area contributed by atoms with Gasteiger partial charge in [-0.1, -0.05) is 0 Å². The van der Waals surface area contributed by atoms with Crippen LogP contribution in [0.4, 0.5) is 5.82 Å². The number of aromatic amines is 1. The lowest BCUT2D eigenvalue weighted by molar-refractivity contribution is 0.518. The fourth-order valence-corrected chi connectivity index (χ4v) is 1.71. The topological polar surface area (TPSA) is 49.8 Å². The second kappa shape index (κ2) is 2.94. The average Bonchev–Trinajstić information content (AvgIpc) is 2.45. The van der Waals surface area contributed by atoms with Crippen LogP contribution < -0.4 is 10.9 Å². The van der Waals surface area contributed by atoms with Gasteiger partial charge in [-0.2, -0.15) is 0 Å². The third-order valence-electron chi connectivity index (χ3n) is 2.43. The minimum absolute atomic E-state index is 0.136. The van der Waals surface area contributed by atoms with Crippen molar-refractivity contribution >= 4 is 5.82 Å². The van der Waals surface area contributed by atoms with E-state index >= 15 is 0 Å². The highest BCUT2D eigenvalue weighted by Crippen LogP contribution is 2.16. The van der Waals surface area contributed by atoms with Crippen molar-refractivity contribution in [2.24, 2.45) is 0 Å². The van der Waals surface area contributed by atoms with Gasteiger partial charge in [-0.25, -0.2) is 4.68 Å². The number of nitrogens with one attached hydrogen (secondary N) is 2. The molecule has 0 aromatic carbocycles. The molecule has 13 heavy (non-hydrogen) atoms. The van der Waals surface area contributed by atoms with E-state index in [9.17, 15) is 4.79 Å². The van der Waals surface area contributed by atoms with E-state index in [1.807, 2.05) is 13.8 Å². The van der Waals surface area contributed by atoms with Crippen LogP contribution in [0.25, 0.3) is 0 Å². The normalized spacial score (nSPS) is 15.6. The minimum atomic E-state index is 0.136. The van der Waals surface area contributed by atoms with Gasteiger partial charge in [-0.15, -0.1) is 0 Å². The SMILES string of the molecule is CC(C)n1[nH]c2c(c1=O)CCCN2. The minimum Gasteiger partial charge on any atom is -0.370 e. The van der Waals surface area contributed by atoms with Crippen LogP contribution in [0.15, 0.2) is 4.79 Å². The van der Waals surface area contributed by atoms with E-state index < -0.39 is 0 Å². The van der Waals surface area contributed by atoms with Crippen molar-refractivity contribution in [3.05, 3.63) is 15.9 Å². The monoisotopic (exact) mass is 181 g/mol. The third-order valence-corrected chi connectivity index (χ3v) is 2.43. The molecule has 4 heteroatoms. The zero-order valence-corrected chi connectivity index (χ0v) is 8.05. The Morgan fingerprint density at radius 3 is 2.85 bits per heavy atom. The Balaban J connectivity index is 2.51. The van der Waals surface area contributed by atoms with Crippen LogP contribution in [-0.2, 0) is 6.42 Å². The number of aromatic nitrogens is 2. The molecule has 1 aromatic rings. The predicted octanol–water partition coefficient (Wildman–Crippen LogP) is 1.12. The van der Waals surface area contributed by atoms with Gasteiger partial charge < -0.3 is 5.32 Å². The molecule has 72 valence electrons. The summed E-state index contributed by atoms with van der Waals surface area (Å²) in [6, 6.07) is 0.208. The van der Waals surface area contributed by atoms with E-state index in [4.69, 9.17) is 0 Å². The molecule has 0 saturated carbocycles. The van der Waals surface area contributed by atoms with Crippen LogP contribution in [0.3, 0.4) is 0 Å². The van der Waals surface area contributed by atoms with Crippen LogP contribution in [0.2, 0.25) is 0 Å². The fraction of sp³-hybridized carbons (Fsp3) is 0.667. The largest absolute Gasteiger partial charge is 0.370 e. The van der Waals surface area contributed by atoms with Gasteiger partial charge in [0.2, 0.25) is 0 Å². The lowest BCUT2D eigenvalue weighted by Crippen LogP contribution is -2.21. The van der Waals surface area contributed by atoms with Crippen LogP contribution in [0.1, 0.15) is 31.9 Å². The van der Waals surface area contributed by atoms with Crippen molar-refractivity contribution in [2.75, 3.05) is 11.9 Å². The summed E-state index contributed by atoms with van der Waals surface area (Å²) in [5.41, 5.74) is 1.05. The second-order valence-electron chi connectivity index (χ2n) is 3.76. The summed E-state index contributed by atoms with van der Waals surface area (Å²) in [5.74, 6) is 0.921. The summed E-state index contributed by atoms with van der Waals surface area (Å²) in [4.78, 5) is 11.7. The van der Waals surface area contributed by atoms with E-state index in [0.29, 0.717) is 0 Å². The smallest absolute Gasteiger partial charge is 0.272 e. The molecular formula is C9H15N3O. The van der Waals surface area contributed by atoms with Gasteiger partial charge in [0.1, 0.15) is 5.82 Å². The van der Waals surface area contributed by atoms with Crippen molar-refractivity contribution in [1.29, 1.82) is 0 Å². The molecule has 0 spiro atoms. The van der Waals surface area contributed by atoms with Gasteiger partial charge in [0.25, 0.3) is 5.56 Å². The molecule has 0 atom stereocenters. The number of anilines is 1. The molecule has 0 aliphatic carbocycles. The van der Waals surface area contributed by atoms with Crippen LogP contribution >= 0.6 is 0 Å². The molecule has 0 bridgehead atoms. The summed E-state index contributed by atoms with van der Waals surface area (Å²) in [7, 11) is 0. The van der Waals surface area contributed by atoms with Crippen molar-refractivity contribution in [2.45, 2.75) is 32.7 Å². The Labute approximate surface area is 76.9 Å². The van der Waals surface area contributed by atoms with E-state index in [1.165, 1.54) is 0 Å².